The van der Waals surface area contributed by atoms with Gasteiger partial charge in [0.05, 0.1) is 45.2 Å². The van der Waals surface area contributed by atoms with Gasteiger partial charge in [-0.05, 0) is 0 Å². The lowest BCUT2D eigenvalue weighted by atomic mass is 10.1. The van der Waals surface area contributed by atoms with Gasteiger partial charge in [-0.25, -0.2) is 4.79 Å². The number of morpholine rings is 2. The summed E-state index contributed by atoms with van der Waals surface area (Å²) >= 11 is 0. The van der Waals surface area contributed by atoms with E-state index in [0.29, 0.717) is 39.5 Å². The van der Waals surface area contributed by atoms with Crippen LogP contribution in [0.15, 0.2) is 0 Å². The molecule has 0 spiro atoms. The molecule has 2 N–H and O–H groups in total. The van der Waals surface area contributed by atoms with Gasteiger partial charge in [-0.2, -0.15) is 0 Å². The van der Waals surface area contributed by atoms with Crippen molar-refractivity contribution >= 4 is 6.03 Å². The minimum absolute atomic E-state index is 0.150. The fourth-order valence-corrected chi connectivity index (χ4v) is 3.03. The van der Waals surface area contributed by atoms with E-state index in [2.05, 4.69) is 10.2 Å². The van der Waals surface area contributed by atoms with Crippen molar-refractivity contribution in [2.45, 2.75) is 18.2 Å². The minimum Gasteiger partial charge on any atom is -0.388 e. The van der Waals surface area contributed by atoms with E-state index in [1.54, 1.807) is 4.90 Å². The molecule has 3 aliphatic rings. The molecule has 2 amide bonds. The summed E-state index contributed by atoms with van der Waals surface area (Å²) < 4.78 is 16.2. The van der Waals surface area contributed by atoms with Gasteiger partial charge in [0.2, 0.25) is 0 Å². The minimum atomic E-state index is -0.673. The average Bonchev–Trinajstić information content (AvgIpc) is 2.90. The second kappa shape index (κ2) is 7.56. The standard InChI is InChI=1S/C14H25N3O5/c18-13-11(15-14(19)17-3-7-21-8-4-17)10-22-12(13)9-16-1-5-20-6-2-16/h11-13,18H,1-10H2,(H,15,19)/t11-,12-,13+/m0/s1. The van der Waals surface area contributed by atoms with Gasteiger partial charge in [0, 0.05) is 32.7 Å². The Balaban J connectivity index is 1.45. The first-order chi connectivity index (χ1) is 10.7. The molecule has 126 valence electrons. The molecule has 3 fully saturated rings. The Morgan fingerprint density at radius 3 is 2.41 bits per heavy atom. The molecule has 0 radical (unpaired) electrons. The van der Waals surface area contributed by atoms with Crippen molar-refractivity contribution in [2.24, 2.45) is 0 Å². The van der Waals surface area contributed by atoms with Crippen LogP contribution in [0.5, 0.6) is 0 Å². The van der Waals surface area contributed by atoms with E-state index < -0.39 is 6.10 Å². The summed E-state index contributed by atoms with van der Waals surface area (Å²) in [5.41, 5.74) is 0. The summed E-state index contributed by atoms with van der Waals surface area (Å²) in [4.78, 5) is 16.1. The Morgan fingerprint density at radius 2 is 1.73 bits per heavy atom. The summed E-state index contributed by atoms with van der Waals surface area (Å²) in [5, 5.41) is 13.3. The van der Waals surface area contributed by atoms with Crippen LogP contribution in [-0.4, -0.2) is 105 Å². The van der Waals surface area contributed by atoms with Crippen LogP contribution in [0.1, 0.15) is 0 Å². The summed E-state index contributed by atoms with van der Waals surface area (Å²) in [5.74, 6) is 0. The maximum atomic E-state index is 12.2. The van der Waals surface area contributed by atoms with Gasteiger partial charge in [-0.15, -0.1) is 0 Å². The van der Waals surface area contributed by atoms with Crippen LogP contribution in [0.2, 0.25) is 0 Å². The molecule has 0 unspecified atom stereocenters. The van der Waals surface area contributed by atoms with Gasteiger partial charge < -0.3 is 29.5 Å². The van der Waals surface area contributed by atoms with E-state index >= 15 is 0 Å². The number of amides is 2. The average molecular weight is 315 g/mol. The van der Waals surface area contributed by atoms with Gasteiger partial charge >= 0.3 is 6.03 Å². The molecule has 0 aromatic rings. The van der Waals surface area contributed by atoms with Gasteiger partial charge in [0.25, 0.3) is 0 Å². The maximum absolute atomic E-state index is 12.2. The van der Waals surface area contributed by atoms with E-state index in [1.165, 1.54) is 0 Å². The fourth-order valence-electron chi connectivity index (χ4n) is 3.03. The molecule has 0 aromatic heterocycles. The second-order valence-corrected chi connectivity index (χ2v) is 5.93. The highest BCUT2D eigenvalue weighted by molar-refractivity contribution is 5.74. The summed E-state index contributed by atoms with van der Waals surface area (Å²) in [6, 6.07) is -0.496. The number of hydrogen-bond acceptors (Lipinski definition) is 6. The van der Waals surface area contributed by atoms with Crippen LogP contribution in [0, 0.1) is 0 Å². The van der Waals surface area contributed by atoms with Crippen LogP contribution < -0.4 is 5.32 Å². The maximum Gasteiger partial charge on any atom is 0.317 e. The zero-order valence-electron chi connectivity index (χ0n) is 12.8. The van der Waals surface area contributed by atoms with Gasteiger partial charge in [-0.1, -0.05) is 0 Å². The fraction of sp³-hybridized carbons (Fsp3) is 0.929. The molecule has 0 aromatic carbocycles. The van der Waals surface area contributed by atoms with E-state index in [0.717, 1.165) is 26.3 Å². The van der Waals surface area contributed by atoms with E-state index in [-0.39, 0.29) is 18.2 Å². The molecule has 3 heterocycles. The van der Waals surface area contributed by atoms with Crippen LogP contribution in [0.25, 0.3) is 0 Å². The number of nitrogens with zero attached hydrogens (tertiary/aromatic N) is 2. The summed E-state index contributed by atoms with van der Waals surface area (Å²) in [6.45, 7) is 6.50. The first-order valence-electron chi connectivity index (χ1n) is 7.97. The third-order valence-corrected chi connectivity index (χ3v) is 4.43. The van der Waals surface area contributed by atoms with Crippen LogP contribution in [0.3, 0.4) is 0 Å². The van der Waals surface area contributed by atoms with Gasteiger partial charge in [-0.3, -0.25) is 4.90 Å². The number of urea groups is 1. The lowest BCUT2D eigenvalue weighted by Crippen LogP contribution is -2.53. The molecule has 3 aliphatic heterocycles. The molecule has 3 rings (SSSR count). The third kappa shape index (κ3) is 3.88. The van der Waals surface area contributed by atoms with Crippen molar-refractivity contribution in [2.75, 3.05) is 65.8 Å². The highest BCUT2D eigenvalue weighted by Gasteiger charge is 2.38. The zero-order valence-corrected chi connectivity index (χ0v) is 12.8. The quantitative estimate of drug-likeness (QED) is 0.659. The van der Waals surface area contributed by atoms with E-state index in [9.17, 15) is 9.90 Å². The summed E-state index contributed by atoms with van der Waals surface area (Å²) in [6.07, 6.45) is -0.930. The number of carbonyl (C=O) groups is 1. The number of ether oxygens (including phenoxy) is 3. The molecule has 8 nitrogen and oxygen atoms in total. The normalized spacial score (nSPS) is 33.9. The Labute approximate surface area is 130 Å². The molecule has 0 bridgehead atoms. The topological polar surface area (TPSA) is 83.5 Å². The van der Waals surface area contributed by atoms with Crippen molar-refractivity contribution < 1.29 is 24.1 Å². The van der Waals surface area contributed by atoms with Crippen LogP contribution >= 0.6 is 0 Å². The number of hydrogen-bond donors (Lipinski definition) is 2. The zero-order chi connectivity index (χ0) is 15.4. The number of aliphatic hydroxyl groups is 1. The van der Waals surface area contributed by atoms with Crippen molar-refractivity contribution in [3.8, 4) is 0 Å². The Morgan fingerprint density at radius 1 is 1.09 bits per heavy atom. The van der Waals surface area contributed by atoms with Crippen molar-refractivity contribution in [1.29, 1.82) is 0 Å². The van der Waals surface area contributed by atoms with Crippen LogP contribution in [-0.2, 0) is 14.2 Å². The lowest BCUT2D eigenvalue weighted by Gasteiger charge is -2.30. The molecule has 3 atom stereocenters. The first kappa shape index (κ1) is 15.9. The van der Waals surface area contributed by atoms with Gasteiger partial charge in [0.15, 0.2) is 0 Å². The van der Waals surface area contributed by atoms with E-state index in [1.807, 2.05) is 0 Å². The molecule has 22 heavy (non-hydrogen) atoms. The van der Waals surface area contributed by atoms with E-state index in [4.69, 9.17) is 14.2 Å². The number of aliphatic hydroxyl groups excluding tert-OH is 1. The predicted octanol–water partition coefficient (Wildman–Crippen LogP) is -1.51. The lowest BCUT2D eigenvalue weighted by molar-refractivity contribution is -0.0181. The Hall–Kier alpha value is -0.930. The SMILES string of the molecule is O=C(N[C@H]1CO[C@@H](CN2CCOCC2)[C@@H]1O)N1CCOCC1. The predicted molar refractivity (Wildman–Crippen MR) is 77.7 cm³/mol. The molecule has 8 heteroatoms. The molecular weight excluding hydrogens is 290 g/mol. The van der Waals surface area contributed by atoms with Gasteiger partial charge in [0.1, 0.15) is 6.10 Å². The largest absolute Gasteiger partial charge is 0.388 e. The highest BCUT2D eigenvalue weighted by atomic mass is 16.5. The summed E-state index contributed by atoms with van der Waals surface area (Å²) in [7, 11) is 0. The number of rotatable bonds is 3. The highest BCUT2D eigenvalue weighted by Crippen LogP contribution is 2.17. The number of carbonyl (C=O) groups excluding carboxylic acids is 1. The van der Waals surface area contributed by atoms with Crippen molar-refractivity contribution in [3.63, 3.8) is 0 Å². The van der Waals surface area contributed by atoms with Crippen LogP contribution in [0.4, 0.5) is 4.79 Å². The molecule has 0 saturated carbocycles. The molecular formula is C14H25N3O5. The smallest absolute Gasteiger partial charge is 0.317 e. The molecule has 0 aliphatic carbocycles. The second-order valence-electron chi connectivity index (χ2n) is 5.93. The first-order valence-corrected chi connectivity index (χ1v) is 7.97. The molecule has 3 saturated heterocycles. The number of nitrogens with one attached hydrogen (secondary N) is 1. The van der Waals surface area contributed by atoms with Crippen molar-refractivity contribution in [1.82, 2.24) is 15.1 Å². The monoisotopic (exact) mass is 315 g/mol. The Kier molecular flexibility index (Phi) is 5.48. The Bertz CT molecular complexity index is 371. The van der Waals surface area contributed by atoms with Crippen molar-refractivity contribution in [3.05, 3.63) is 0 Å². The third-order valence-electron chi connectivity index (χ3n) is 4.43.